The molecule has 206 valence electrons. The van der Waals surface area contributed by atoms with E-state index in [0.29, 0.717) is 34.7 Å². The maximum atomic E-state index is 12.3. The topological polar surface area (TPSA) is 139 Å². The number of ether oxygens (including phenoxy) is 1. The Labute approximate surface area is 228 Å². The lowest BCUT2D eigenvalue weighted by molar-refractivity contribution is -0.111. The minimum Gasteiger partial charge on any atom is -0.494 e. The number of benzene rings is 2. The molecule has 0 radical (unpaired) electrons. The number of hydrogen-bond donors (Lipinski definition) is 4. The van der Waals surface area contributed by atoms with Crippen LogP contribution >= 0.6 is 0 Å². The van der Waals surface area contributed by atoms with Crippen molar-refractivity contribution in [1.82, 2.24) is 20.1 Å². The van der Waals surface area contributed by atoms with Crippen LogP contribution in [0.2, 0.25) is 0 Å². The second-order valence-electron chi connectivity index (χ2n) is 9.70. The molecule has 6 N–H and O–H groups in total. The highest BCUT2D eigenvalue weighted by Crippen LogP contribution is 2.40. The summed E-state index contributed by atoms with van der Waals surface area (Å²) >= 11 is 0. The monoisotopic (exact) mass is 531 g/mol. The summed E-state index contributed by atoms with van der Waals surface area (Å²) in [5, 5.41) is 8.23. The van der Waals surface area contributed by atoms with Crippen molar-refractivity contribution < 1.29 is 9.53 Å². The smallest absolute Gasteiger partial charge is 0.247 e. The molecule has 2 aromatic carbocycles. The first-order valence-corrected chi connectivity index (χ1v) is 12.8. The third-order valence-corrected chi connectivity index (χ3v) is 7.04. The number of amides is 1. The summed E-state index contributed by atoms with van der Waals surface area (Å²) in [7, 11) is 7.67. The molecular formula is C28H37N9O2. The average Bonchev–Trinajstić information content (AvgIpc) is 3.32. The Balaban J connectivity index is 1.70. The van der Waals surface area contributed by atoms with E-state index in [-0.39, 0.29) is 5.91 Å². The van der Waals surface area contributed by atoms with Crippen molar-refractivity contribution in [2.45, 2.75) is 18.9 Å². The Morgan fingerprint density at radius 3 is 2.64 bits per heavy atom. The zero-order valence-electron chi connectivity index (χ0n) is 22.9. The number of nitrogens with one attached hydrogen (secondary N) is 2. The lowest BCUT2D eigenvalue weighted by Gasteiger charge is -2.37. The first-order valence-electron chi connectivity index (χ1n) is 12.8. The largest absolute Gasteiger partial charge is 0.494 e. The summed E-state index contributed by atoms with van der Waals surface area (Å²) in [5.41, 5.74) is 13.2. The first kappa shape index (κ1) is 27.7. The van der Waals surface area contributed by atoms with E-state index in [1.807, 2.05) is 31.3 Å². The van der Waals surface area contributed by atoms with Gasteiger partial charge in [0.05, 0.1) is 30.2 Å². The van der Waals surface area contributed by atoms with Crippen LogP contribution in [0.3, 0.4) is 0 Å². The van der Waals surface area contributed by atoms with E-state index >= 15 is 0 Å². The van der Waals surface area contributed by atoms with Crippen molar-refractivity contribution in [2.75, 3.05) is 44.5 Å². The number of hydrazine groups is 1. The lowest BCUT2D eigenvalue weighted by atomic mass is 10.0. The van der Waals surface area contributed by atoms with Crippen molar-refractivity contribution in [3.8, 4) is 5.75 Å². The van der Waals surface area contributed by atoms with Crippen LogP contribution in [0.5, 0.6) is 5.75 Å². The van der Waals surface area contributed by atoms with E-state index in [0.717, 1.165) is 48.1 Å². The molecule has 39 heavy (non-hydrogen) atoms. The molecule has 0 atom stereocenters. The maximum Gasteiger partial charge on any atom is 0.247 e. The number of aliphatic imine (C=N–C) groups is 1. The molecule has 4 rings (SSSR count). The fourth-order valence-electron chi connectivity index (χ4n) is 4.77. The van der Waals surface area contributed by atoms with Crippen LogP contribution in [0.25, 0.3) is 16.6 Å². The molecule has 11 heteroatoms. The summed E-state index contributed by atoms with van der Waals surface area (Å²) in [6.45, 7) is 5.29. The van der Waals surface area contributed by atoms with E-state index in [1.165, 1.54) is 6.08 Å². The molecule has 0 unspecified atom stereocenters. The first-order chi connectivity index (χ1) is 18.7. The molecule has 0 aliphatic carbocycles. The number of nitrogens with two attached hydrogens (primary N) is 2. The summed E-state index contributed by atoms with van der Waals surface area (Å²) in [5.74, 6) is 6.37. The van der Waals surface area contributed by atoms with Gasteiger partial charge >= 0.3 is 0 Å². The Morgan fingerprint density at radius 1 is 1.26 bits per heavy atom. The van der Waals surface area contributed by atoms with Crippen molar-refractivity contribution >= 4 is 45.4 Å². The van der Waals surface area contributed by atoms with Gasteiger partial charge in [0, 0.05) is 49.4 Å². The van der Waals surface area contributed by atoms with Gasteiger partial charge in [0.1, 0.15) is 17.3 Å². The minimum absolute atomic E-state index is 0.314. The van der Waals surface area contributed by atoms with E-state index in [4.69, 9.17) is 16.3 Å². The molecule has 0 saturated carbocycles. The summed E-state index contributed by atoms with van der Waals surface area (Å²) in [4.78, 5) is 21.5. The molecule has 1 aliphatic heterocycles. The third-order valence-electron chi connectivity index (χ3n) is 7.04. The van der Waals surface area contributed by atoms with Gasteiger partial charge in [0.25, 0.3) is 0 Å². The molecule has 1 amide bonds. The molecule has 1 aliphatic rings. The second-order valence-corrected chi connectivity index (χ2v) is 9.70. The van der Waals surface area contributed by atoms with Gasteiger partial charge in [0.2, 0.25) is 5.91 Å². The standard InChI is InChI=1S/C28H37N9O2/c1-6-28(38)33-22-15-23(26(39-5)16-25(22)37-11-9-20(10-12-37)35(2)3)32-27(34-30)14-21(29)18-7-8-19-17-31-36(4)24(19)13-18/h6-8,13-17,20H,1,9-12,29-30H2,2-5H3,(H,32,34)(H,33,38). The summed E-state index contributed by atoms with van der Waals surface area (Å²) in [6.07, 6.45) is 6.72. The SMILES string of the molecule is C=CC(=O)Nc1cc(N=C(C=C(N)c2ccc3cnn(C)c3c2)NN)c(OC)cc1N1CCC(N(C)C)CC1. The van der Waals surface area contributed by atoms with Crippen LogP contribution in [0.15, 0.2) is 60.3 Å². The van der Waals surface area contributed by atoms with Crippen LogP contribution in [0.4, 0.5) is 17.1 Å². The number of piperidine rings is 1. The lowest BCUT2D eigenvalue weighted by Crippen LogP contribution is -2.42. The number of anilines is 2. The van der Waals surface area contributed by atoms with Crippen LogP contribution in [-0.2, 0) is 11.8 Å². The van der Waals surface area contributed by atoms with Gasteiger partial charge in [-0.1, -0.05) is 18.7 Å². The molecular weight excluding hydrogens is 494 g/mol. The van der Waals surface area contributed by atoms with Crippen LogP contribution in [-0.4, -0.2) is 66.8 Å². The highest BCUT2D eigenvalue weighted by molar-refractivity contribution is 6.03. The van der Waals surface area contributed by atoms with Gasteiger partial charge in [-0.25, -0.2) is 10.8 Å². The number of carbonyl (C=O) groups excluding carboxylic acids is 1. The number of amidine groups is 1. The minimum atomic E-state index is -0.314. The fraction of sp³-hybridized carbons (Fsp3) is 0.321. The van der Waals surface area contributed by atoms with E-state index in [1.54, 1.807) is 30.1 Å². The molecule has 0 bridgehead atoms. The van der Waals surface area contributed by atoms with Crippen molar-refractivity contribution in [3.05, 3.63) is 60.8 Å². The van der Waals surface area contributed by atoms with Gasteiger partial charge in [-0.05, 0) is 50.7 Å². The van der Waals surface area contributed by atoms with E-state index < -0.39 is 0 Å². The number of nitrogens with zero attached hydrogens (tertiary/aromatic N) is 5. The Morgan fingerprint density at radius 2 is 2.00 bits per heavy atom. The van der Waals surface area contributed by atoms with Crippen molar-refractivity contribution in [3.63, 3.8) is 0 Å². The van der Waals surface area contributed by atoms with Gasteiger partial charge in [-0.15, -0.1) is 0 Å². The summed E-state index contributed by atoms with van der Waals surface area (Å²) < 4.78 is 7.49. The quantitative estimate of drug-likeness (QED) is 0.114. The number of methoxy groups -OCH3 is 1. The number of fused-ring (bicyclic) bond motifs is 1. The van der Waals surface area contributed by atoms with Gasteiger partial charge < -0.3 is 31.0 Å². The van der Waals surface area contributed by atoms with Crippen molar-refractivity contribution in [1.29, 1.82) is 0 Å². The van der Waals surface area contributed by atoms with E-state index in [2.05, 4.69) is 51.3 Å². The Kier molecular flexibility index (Phi) is 8.52. The van der Waals surface area contributed by atoms with Crippen LogP contribution < -0.4 is 32.0 Å². The average molecular weight is 532 g/mol. The molecule has 1 saturated heterocycles. The number of hydrogen-bond acceptors (Lipinski definition) is 8. The van der Waals surface area contributed by atoms with Gasteiger partial charge in [-0.3, -0.25) is 9.48 Å². The van der Waals surface area contributed by atoms with Gasteiger partial charge in [-0.2, -0.15) is 5.10 Å². The predicted octanol–water partition coefficient (Wildman–Crippen LogP) is 2.73. The molecule has 11 nitrogen and oxygen atoms in total. The molecule has 2 heterocycles. The summed E-state index contributed by atoms with van der Waals surface area (Å²) in [6, 6.07) is 10.0. The Bertz CT molecular complexity index is 1420. The molecule has 1 fully saturated rings. The number of aryl methyl sites for hydroxylation is 1. The fourth-order valence-corrected chi connectivity index (χ4v) is 4.77. The molecule has 3 aromatic rings. The number of carbonyl (C=O) groups is 1. The number of rotatable bonds is 8. The zero-order valence-corrected chi connectivity index (χ0v) is 22.9. The van der Waals surface area contributed by atoms with Crippen LogP contribution in [0, 0.1) is 0 Å². The van der Waals surface area contributed by atoms with Gasteiger partial charge in [0.15, 0.2) is 0 Å². The normalized spacial score (nSPS) is 15.1. The maximum absolute atomic E-state index is 12.3. The zero-order chi connectivity index (χ0) is 28.1. The number of aromatic nitrogens is 2. The van der Waals surface area contributed by atoms with Crippen LogP contribution in [0.1, 0.15) is 18.4 Å². The highest BCUT2D eigenvalue weighted by atomic mass is 16.5. The highest BCUT2D eigenvalue weighted by Gasteiger charge is 2.24. The van der Waals surface area contributed by atoms with E-state index in [9.17, 15) is 4.79 Å². The molecule has 0 spiro atoms. The van der Waals surface area contributed by atoms with Crippen molar-refractivity contribution in [2.24, 2.45) is 23.6 Å². The second kappa shape index (κ2) is 12.0. The molecule has 1 aromatic heterocycles. The Hall–Kier alpha value is -4.35. The predicted molar refractivity (Wildman–Crippen MR) is 158 cm³/mol. The third kappa shape index (κ3) is 6.21.